The van der Waals surface area contributed by atoms with Crippen molar-refractivity contribution in [3.8, 4) is 22.3 Å². The molecule has 3 aromatic carbocycles. The first kappa shape index (κ1) is 18.5. The molecule has 0 radical (unpaired) electrons. The monoisotopic (exact) mass is 342 g/mol. The highest BCUT2D eigenvalue weighted by Gasteiger charge is 2.22. The minimum Gasteiger partial charge on any atom is -0.0622 e. The maximum absolute atomic E-state index is 2.40. The summed E-state index contributed by atoms with van der Waals surface area (Å²) in [5.74, 6) is 0. The fourth-order valence-corrected chi connectivity index (χ4v) is 3.36. The molecular formula is C26H30. The Bertz CT molecular complexity index is 870. The summed E-state index contributed by atoms with van der Waals surface area (Å²) in [5.41, 5.74) is 8.23. The first-order chi connectivity index (χ1) is 12.2. The largest absolute Gasteiger partial charge is 0.0622 e. The molecule has 0 saturated carbocycles. The average molecular weight is 343 g/mol. The fourth-order valence-electron chi connectivity index (χ4n) is 3.36. The Kier molecular flexibility index (Phi) is 4.80. The second kappa shape index (κ2) is 6.76. The van der Waals surface area contributed by atoms with Crippen molar-refractivity contribution in [3.63, 3.8) is 0 Å². The van der Waals surface area contributed by atoms with E-state index in [2.05, 4.69) is 114 Å². The molecular weight excluding hydrogens is 312 g/mol. The van der Waals surface area contributed by atoms with E-state index in [1.54, 1.807) is 0 Å². The van der Waals surface area contributed by atoms with Crippen LogP contribution >= 0.6 is 0 Å². The van der Waals surface area contributed by atoms with Crippen LogP contribution in [0.25, 0.3) is 22.3 Å². The van der Waals surface area contributed by atoms with Crippen molar-refractivity contribution in [2.24, 2.45) is 0 Å². The number of rotatable bonds is 2. The Morgan fingerprint density at radius 3 is 1.58 bits per heavy atom. The topological polar surface area (TPSA) is 0 Å². The summed E-state index contributed by atoms with van der Waals surface area (Å²) in [4.78, 5) is 0. The summed E-state index contributed by atoms with van der Waals surface area (Å²) in [6.07, 6.45) is 0. The molecule has 0 aliphatic heterocycles. The molecule has 0 N–H and O–H groups in total. The molecule has 134 valence electrons. The van der Waals surface area contributed by atoms with Crippen molar-refractivity contribution in [2.75, 3.05) is 0 Å². The van der Waals surface area contributed by atoms with Crippen molar-refractivity contribution in [3.05, 3.63) is 83.9 Å². The lowest BCUT2D eigenvalue weighted by molar-refractivity contribution is 0.570. The molecule has 0 unspecified atom stereocenters. The predicted molar refractivity (Wildman–Crippen MR) is 115 cm³/mol. The van der Waals surface area contributed by atoms with Gasteiger partial charge >= 0.3 is 0 Å². The standard InChI is InChI=1S/C26H30/c1-25(2,3)22-16-17-23(24(18-22)26(4,5)6)21-14-12-20(13-15-21)19-10-8-7-9-11-19/h7-18H,1-6H3. The van der Waals surface area contributed by atoms with Gasteiger partial charge in [0, 0.05) is 0 Å². The molecule has 0 bridgehead atoms. The van der Waals surface area contributed by atoms with Crippen LogP contribution in [-0.4, -0.2) is 0 Å². The van der Waals surface area contributed by atoms with Gasteiger partial charge in [-0.05, 0) is 44.2 Å². The Hall–Kier alpha value is -2.34. The molecule has 0 fully saturated rings. The lowest BCUT2D eigenvalue weighted by atomic mass is 9.77. The third kappa shape index (κ3) is 3.90. The van der Waals surface area contributed by atoms with Crippen molar-refractivity contribution >= 4 is 0 Å². The van der Waals surface area contributed by atoms with E-state index in [-0.39, 0.29) is 10.8 Å². The molecule has 26 heavy (non-hydrogen) atoms. The summed E-state index contributed by atoms with van der Waals surface area (Å²) < 4.78 is 0. The van der Waals surface area contributed by atoms with Gasteiger partial charge in [-0.3, -0.25) is 0 Å². The van der Waals surface area contributed by atoms with Crippen molar-refractivity contribution < 1.29 is 0 Å². The van der Waals surface area contributed by atoms with Crippen molar-refractivity contribution in [1.29, 1.82) is 0 Å². The molecule has 0 amide bonds. The Morgan fingerprint density at radius 2 is 1.04 bits per heavy atom. The van der Waals surface area contributed by atoms with E-state index in [0.29, 0.717) is 0 Å². The number of hydrogen-bond donors (Lipinski definition) is 0. The van der Waals surface area contributed by atoms with Gasteiger partial charge in [-0.25, -0.2) is 0 Å². The number of hydrogen-bond acceptors (Lipinski definition) is 0. The van der Waals surface area contributed by atoms with Gasteiger partial charge in [-0.1, -0.05) is 114 Å². The van der Waals surface area contributed by atoms with Crippen LogP contribution in [0.3, 0.4) is 0 Å². The van der Waals surface area contributed by atoms with Gasteiger partial charge in [0.25, 0.3) is 0 Å². The zero-order chi connectivity index (χ0) is 18.9. The first-order valence-electron chi connectivity index (χ1n) is 9.47. The van der Waals surface area contributed by atoms with E-state index < -0.39 is 0 Å². The molecule has 0 aromatic heterocycles. The maximum atomic E-state index is 2.40. The van der Waals surface area contributed by atoms with Crippen LogP contribution < -0.4 is 0 Å². The molecule has 0 atom stereocenters. The average Bonchev–Trinajstić information content (AvgIpc) is 2.61. The van der Waals surface area contributed by atoms with Crippen LogP contribution in [0.2, 0.25) is 0 Å². The maximum Gasteiger partial charge on any atom is -0.0126 e. The highest BCUT2D eigenvalue weighted by molar-refractivity contribution is 5.73. The van der Waals surface area contributed by atoms with Gasteiger partial charge in [0.15, 0.2) is 0 Å². The van der Waals surface area contributed by atoms with E-state index in [1.807, 2.05) is 0 Å². The van der Waals surface area contributed by atoms with Crippen molar-refractivity contribution in [2.45, 2.75) is 52.4 Å². The Morgan fingerprint density at radius 1 is 0.500 bits per heavy atom. The molecule has 3 aromatic rings. The highest BCUT2D eigenvalue weighted by atomic mass is 14.3. The van der Waals surface area contributed by atoms with Gasteiger partial charge in [-0.2, -0.15) is 0 Å². The van der Waals surface area contributed by atoms with E-state index in [1.165, 1.54) is 33.4 Å². The van der Waals surface area contributed by atoms with E-state index in [9.17, 15) is 0 Å². The summed E-state index contributed by atoms with van der Waals surface area (Å²) in [7, 11) is 0. The van der Waals surface area contributed by atoms with Gasteiger partial charge < -0.3 is 0 Å². The summed E-state index contributed by atoms with van der Waals surface area (Å²) in [5, 5.41) is 0. The van der Waals surface area contributed by atoms with Gasteiger partial charge in [-0.15, -0.1) is 0 Å². The van der Waals surface area contributed by atoms with Gasteiger partial charge in [0.1, 0.15) is 0 Å². The van der Waals surface area contributed by atoms with Crippen LogP contribution in [0.15, 0.2) is 72.8 Å². The smallest absolute Gasteiger partial charge is 0.0126 e. The van der Waals surface area contributed by atoms with Crippen LogP contribution in [0.5, 0.6) is 0 Å². The Labute approximate surface area is 158 Å². The SMILES string of the molecule is CC(C)(C)c1ccc(-c2ccc(-c3ccccc3)cc2)c(C(C)(C)C)c1. The van der Waals surface area contributed by atoms with Crippen LogP contribution in [0.4, 0.5) is 0 Å². The zero-order valence-corrected chi connectivity index (χ0v) is 16.9. The predicted octanol–water partition coefficient (Wildman–Crippen LogP) is 7.62. The van der Waals surface area contributed by atoms with Crippen LogP contribution in [0.1, 0.15) is 52.7 Å². The van der Waals surface area contributed by atoms with Crippen molar-refractivity contribution in [1.82, 2.24) is 0 Å². The van der Waals surface area contributed by atoms with E-state index in [0.717, 1.165) is 0 Å². The summed E-state index contributed by atoms with van der Waals surface area (Å²) in [6.45, 7) is 13.7. The normalized spacial score (nSPS) is 12.2. The van der Waals surface area contributed by atoms with Gasteiger partial charge in [0.2, 0.25) is 0 Å². The van der Waals surface area contributed by atoms with E-state index in [4.69, 9.17) is 0 Å². The zero-order valence-electron chi connectivity index (χ0n) is 16.9. The molecule has 0 heterocycles. The molecule has 3 rings (SSSR count). The highest BCUT2D eigenvalue weighted by Crippen LogP contribution is 2.37. The lowest BCUT2D eigenvalue weighted by Crippen LogP contribution is -2.17. The van der Waals surface area contributed by atoms with Gasteiger partial charge in [0.05, 0.1) is 0 Å². The summed E-state index contributed by atoms with van der Waals surface area (Å²) >= 11 is 0. The minimum atomic E-state index is 0.106. The van der Waals surface area contributed by atoms with Crippen LogP contribution in [0, 0.1) is 0 Å². The second-order valence-corrected chi connectivity index (χ2v) is 9.20. The third-order valence-corrected chi connectivity index (χ3v) is 5.00. The lowest BCUT2D eigenvalue weighted by Gasteiger charge is -2.27. The molecule has 0 nitrogen and oxygen atoms in total. The third-order valence-electron chi connectivity index (χ3n) is 5.00. The molecule has 0 saturated heterocycles. The number of benzene rings is 3. The summed E-state index contributed by atoms with van der Waals surface area (Å²) in [6, 6.07) is 26.5. The molecule has 0 aliphatic rings. The van der Waals surface area contributed by atoms with E-state index >= 15 is 0 Å². The molecule has 0 aliphatic carbocycles. The quantitative estimate of drug-likeness (QED) is 0.449. The Balaban J connectivity index is 2.06. The van der Waals surface area contributed by atoms with Crippen LogP contribution in [-0.2, 0) is 10.8 Å². The molecule has 0 heteroatoms. The minimum absolute atomic E-state index is 0.106. The molecule has 0 spiro atoms. The second-order valence-electron chi connectivity index (χ2n) is 9.20. The fraction of sp³-hybridized carbons (Fsp3) is 0.308. The first-order valence-corrected chi connectivity index (χ1v) is 9.47.